The van der Waals surface area contributed by atoms with Crippen LogP contribution in [0, 0.1) is 6.92 Å². The van der Waals surface area contributed by atoms with E-state index in [0.717, 1.165) is 22.2 Å². The van der Waals surface area contributed by atoms with Crippen LogP contribution >= 0.6 is 0 Å². The van der Waals surface area contributed by atoms with Gasteiger partial charge in [0.25, 0.3) is 5.56 Å². The molecular formula is C30H31N5O2. The van der Waals surface area contributed by atoms with Crippen LogP contribution in [0.15, 0.2) is 95.9 Å². The van der Waals surface area contributed by atoms with Crippen molar-refractivity contribution in [1.29, 1.82) is 0 Å². The van der Waals surface area contributed by atoms with Crippen molar-refractivity contribution >= 4 is 22.5 Å². The first kappa shape index (κ1) is 24.3. The van der Waals surface area contributed by atoms with Crippen molar-refractivity contribution in [3.05, 3.63) is 118 Å². The molecule has 3 aromatic carbocycles. The molecule has 7 nitrogen and oxygen atoms in total. The quantitative estimate of drug-likeness (QED) is 0.293. The number of aromatic amines is 1. The van der Waals surface area contributed by atoms with Crippen molar-refractivity contribution in [2.24, 2.45) is 7.05 Å². The van der Waals surface area contributed by atoms with Gasteiger partial charge in [-0.05, 0) is 43.2 Å². The minimum Gasteiger partial charge on any atom is -0.361 e. The van der Waals surface area contributed by atoms with Crippen LogP contribution < -0.4 is 16.2 Å². The Labute approximate surface area is 215 Å². The normalized spacial score (nSPS) is 12.9. The van der Waals surface area contributed by atoms with E-state index >= 15 is 0 Å². The number of nitrogens with zero attached hydrogens (tertiary/aromatic N) is 2. The Bertz CT molecular complexity index is 1580. The molecule has 2 unspecified atom stereocenters. The lowest BCUT2D eigenvalue weighted by atomic mass is 9.90. The third-order valence-electron chi connectivity index (χ3n) is 7.02. The molecule has 0 bridgehead atoms. The van der Waals surface area contributed by atoms with Gasteiger partial charge in [0.15, 0.2) is 0 Å². The third kappa shape index (κ3) is 4.73. The molecule has 2 atom stereocenters. The van der Waals surface area contributed by atoms with Crippen LogP contribution in [-0.2, 0) is 11.8 Å². The van der Waals surface area contributed by atoms with Crippen LogP contribution in [0.2, 0.25) is 0 Å². The predicted molar refractivity (Wildman–Crippen MR) is 148 cm³/mol. The molecule has 0 aliphatic carbocycles. The number of anilines is 1. The Morgan fingerprint density at radius 3 is 2.32 bits per heavy atom. The lowest BCUT2D eigenvalue weighted by Crippen LogP contribution is -2.41. The molecule has 0 aliphatic rings. The number of aromatic nitrogens is 3. The van der Waals surface area contributed by atoms with Gasteiger partial charge in [0.05, 0.1) is 17.4 Å². The summed E-state index contributed by atoms with van der Waals surface area (Å²) in [5, 5.41) is 7.44. The minimum atomic E-state index is -0.513. The Morgan fingerprint density at radius 1 is 0.946 bits per heavy atom. The molecule has 0 spiro atoms. The molecule has 188 valence electrons. The number of nitrogens with one attached hydrogen (secondary N) is 3. The molecule has 5 aromatic rings. The smallest absolute Gasteiger partial charge is 0.295 e. The molecule has 2 aromatic heterocycles. The average Bonchev–Trinajstić information content (AvgIpc) is 3.44. The van der Waals surface area contributed by atoms with Crippen molar-refractivity contribution < 1.29 is 4.79 Å². The van der Waals surface area contributed by atoms with E-state index in [1.54, 1.807) is 9.36 Å². The van der Waals surface area contributed by atoms with E-state index in [2.05, 4.69) is 39.9 Å². The van der Waals surface area contributed by atoms with Crippen molar-refractivity contribution in [1.82, 2.24) is 19.7 Å². The summed E-state index contributed by atoms with van der Waals surface area (Å²) in [5.74, 6) is -0.210. The second kappa shape index (κ2) is 10.3. The van der Waals surface area contributed by atoms with Gasteiger partial charge in [-0.2, -0.15) is 0 Å². The molecule has 0 aliphatic heterocycles. The molecule has 5 rings (SSSR count). The monoisotopic (exact) mass is 493 g/mol. The number of carbonyl (C=O) groups is 1. The Kier molecular flexibility index (Phi) is 6.79. The number of carbonyl (C=O) groups excluding carboxylic acids is 1. The number of amides is 1. The van der Waals surface area contributed by atoms with Gasteiger partial charge in [-0.15, -0.1) is 0 Å². The largest absolute Gasteiger partial charge is 0.361 e. The molecule has 1 amide bonds. The molecule has 0 saturated carbocycles. The average molecular weight is 494 g/mol. The Morgan fingerprint density at radius 2 is 1.59 bits per heavy atom. The number of benzene rings is 3. The first-order chi connectivity index (χ1) is 18.0. The summed E-state index contributed by atoms with van der Waals surface area (Å²) in [7, 11) is 1.81. The maximum atomic E-state index is 13.2. The van der Waals surface area contributed by atoms with Crippen LogP contribution in [0.5, 0.6) is 0 Å². The van der Waals surface area contributed by atoms with Crippen LogP contribution in [0.3, 0.4) is 0 Å². The van der Waals surface area contributed by atoms with E-state index in [1.807, 2.05) is 87.8 Å². The second-order valence-corrected chi connectivity index (χ2v) is 9.31. The highest BCUT2D eigenvalue weighted by atomic mass is 16.2. The molecule has 0 radical (unpaired) electrons. The van der Waals surface area contributed by atoms with Crippen LogP contribution in [0.1, 0.15) is 29.7 Å². The van der Waals surface area contributed by atoms with Crippen LogP contribution in [0.25, 0.3) is 16.6 Å². The van der Waals surface area contributed by atoms with E-state index in [-0.39, 0.29) is 17.4 Å². The first-order valence-corrected chi connectivity index (χ1v) is 12.4. The lowest BCUT2D eigenvalue weighted by molar-refractivity contribution is -0.117. The summed E-state index contributed by atoms with van der Waals surface area (Å²) in [5.41, 5.74) is 4.89. The topological polar surface area (TPSA) is 83.9 Å². The van der Waals surface area contributed by atoms with Gasteiger partial charge in [0.2, 0.25) is 5.91 Å². The highest BCUT2D eigenvalue weighted by Crippen LogP contribution is 2.30. The summed E-state index contributed by atoms with van der Waals surface area (Å²) in [6.07, 6.45) is 2.05. The maximum Gasteiger partial charge on any atom is 0.295 e. The zero-order chi connectivity index (χ0) is 25.9. The molecule has 37 heavy (non-hydrogen) atoms. The number of fused-ring (bicyclic) bond motifs is 1. The van der Waals surface area contributed by atoms with Crippen LogP contribution in [0.4, 0.5) is 5.69 Å². The van der Waals surface area contributed by atoms with Gasteiger partial charge < -0.3 is 15.6 Å². The number of H-pyrrole nitrogens is 1. The number of rotatable bonds is 8. The fraction of sp³-hybridized carbons (Fsp3) is 0.200. The van der Waals surface area contributed by atoms with E-state index in [4.69, 9.17) is 0 Å². The van der Waals surface area contributed by atoms with E-state index in [1.165, 1.54) is 5.56 Å². The molecule has 2 heterocycles. The van der Waals surface area contributed by atoms with E-state index < -0.39 is 6.04 Å². The molecule has 7 heteroatoms. The van der Waals surface area contributed by atoms with Crippen molar-refractivity contribution in [2.75, 3.05) is 11.9 Å². The molecule has 0 saturated heterocycles. The highest BCUT2D eigenvalue weighted by Gasteiger charge is 2.23. The standard InChI is InChI=1S/C30H31N5O2/c1-20(29(36)33-28-21(2)34(3)35(30(28)37)23-14-8-5-9-15-23)31-18-25(22-12-6-4-7-13-22)26-19-32-27-17-11-10-16-24(26)27/h4-17,19-20,25,31-32H,18H2,1-3H3,(H,33,36). The lowest BCUT2D eigenvalue weighted by Gasteiger charge is -2.21. The summed E-state index contributed by atoms with van der Waals surface area (Å²) in [4.78, 5) is 29.8. The number of hydrogen-bond acceptors (Lipinski definition) is 3. The summed E-state index contributed by atoms with van der Waals surface area (Å²) < 4.78 is 3.32. The summed E-state index contributed by atoms with van der Waals surface area (Å²) in [6.45, 7) is 4.21. The van der Waals surface area contributed by atoms with Gasteiger partial charge in [0, 0.05) is 36.6 Å². The SMILES string of the molecule is Cc1c(NC(=O)C(C)NCC(c2ccccc2)c2c[nH]c3ccccc23)c(=O)n(-c2ccccc2)n1C. The Hall–Kier alpha value is -4.36. The maximum absolute atomic E-state index is 13.2. The van der Waals surface area contributed by atoms with E-state index in [9.17, 15) is 9.59 Å². The number of para-hydroxylation sites is 2. The van der Waals surface area contributed by atoms with E-state index in [0.29, 0.717) is 17.9 Å². The second-order valence-electron chi connectivity index (χ2n) is 9.31. The van der Waals surface area contributed by atoms with Gasteiger partial charge in [-0.25, -0.2) is 4.68 Å². The summed E-state index contributed by atoms with van der Waals surface area (Å²) in [6, 6.07) is 27.4. The highest BCUT2D eigenvalue weighted by molar-refractivity contribution is 5.95. The van der Waals surface area contributed by atoms with Gasteiger partial charge >= 0.3 is 0 Å². The summed E-state index contributed by atoms with van der Waals surface area (Å²) >= 11 is 0. The Balaban J connectivity index is 1.36. The third-order valence-corrected chi connectivity index (χ3v) is 7.02. The minimum absolute atomic E-state index is 0.0429. The molecule has 3 N–H and O–H groups in total. The van der Waals surface area contributed by atoms with Crippen molar-refractivity contribution in [2.45, 2.75) is 25.8 Å². The zero-order valence-electron chi connectivity index (χ0n) is 21.2. The zero-order valence-corrected chi connectivity index (χ0v) is 21.2. The number of hydrogen-bond donors (Lipinski definition) is 3. The van der Waals surface area contributed by atoms with Gasteiger partial charge in [-0.1, -0.05) is 66.7 Å². The fourth-order valence-electron chi connectivity index (χ4n) is 4.81. The van der Waals surface area contributed by atoms with Crippen molar-refractivity contribution in [3.63, 3.8) is 0 Å². The van der Waals surface area contributed by atoms with Gasteiger partial charge in [0.1, 0.15) is 5.69 Å². The van der Waals surface area contributed by atoms with Crippen molar-refractivity contribution in [3.8, 4) is 5.69 Å². The molecular weight excluding hydrogens is 462 g/mol. The predicted octanol–water partition coefficient (Wildman–Crippen LogP) is 4.71. The first-order valence-electron chi connectivity index (χ1n) is 12.4. The van der Waals surface area contributed by atoms with Crippen LogP contribution in [-0.4, -0.2) is 32.8 Å². The fourth-order valence-corrected chi connectivity index (χ4v) is 4.81. The molecule has 0 fully saturated rings. The van der Waals surface area contributed by atoms with Gasteiger partial charge in [-0.3, -0.25) is 14.3 Å².